The first kappa shape index (κ1) is 10.1. The zero-order valence-corrected chi connectivity index (χ0v) is 8.32. The van der Waals surface area contributed by atoms with Crippen molar-refractivity contribution in [1.82, 2.24) is 20.5 Å². The van der Waals surface area contributed by atoms with E-state index in [9.17, 15) is 0 Å². The van der Waals surface area contributed by atoms with Crippen LogP contribution in [-0.2, 0) is 0 Å². The predicted octanol–water partition coefficient (Wildman–Crippen LogP) is 0.428. The number of H-pyrrole nitrogens is 1. The third kappa shape index (κ3) is 3.97. The summed E-state index contributed by atoms with van der Waals surface area (Å²) in [5.41, 5.74) is 0. The van der Waals surface area contributed by atoms with Crippen molar-refractivity contribution in [2.75, 3.05) is 18.8 Å². The van der Waals surface area contributed by atoms with E-state index in [4.69, 9.17) is 6.42 Å². The summed E-state index contributed by atoms with van der Waals surface area (Å²) in [6.45, 7) is 3.38. The van der Waals surface area contributed by atoms with Crippen molar-refractivity contribution in [3.63, 3.8) is 0 Å². The molecule has 5 heteroatoms. The van der Waals surface area contributed by atoms with E-state index in [0.29, 0.717) is 6.54 Å². The highest BCUT2D eigenvalue weighted by Crippen LogP contribution is 2.10. The molecule has 70 valence electrons. The van der Waals surface area contributed by atoms with Gasteiger partial charge in [0.15, 0.2) is 0 Å². The summed E-state index contributed by atoms with van der Waals surface area (Å²) in [5, 5.41) is 10.7. The van der Waals surface area contributed by atoms with Gasteiger partial charge in [-0.3, -0.25) is 5.10 Å². The Kier molecular flexibility index (Phi) is 4.36. The normalized spacial score (nSPS) is 9.85. The third-order valence-corrected chi connectivity index (χ3v) is 2.16. The molecule has 0 atom stereocenters. The first-order valence-electron chi connectivity index (χ1n) is 3.99. The van der Waals surface area contributed by atoms with Crippen molar-refractivity contribution in [3.05, 3.63) is 5.82 Å². The number of aromatic nitrogens is 3. The molecule has 0 spiro atoms. The summed E-state index contributed by atoms with van der Waals surface area (Å²) in [4.78, 5) is 4.16. The smallest absolute Gasteiger partial charge is 0.208 e. The molecule has 0 aliphatic rings. The zero-order chi connectivity index (χ0) is 9.52. The Morgan fingerprint density at radius 1 is 1.69 bits per heavy atom. The molecule has 1 heterocycles. The Morgan fingerprint density at radius 2 is 2.54 bits per heavy atom. The van der Waals surface area contributed by atoms with Gasteiger partial charge < -0.3 is 5.32 Å². The molecule has 13 heavy (non-hydrogen) atoms. The second kappa shape index (κ2) is 5.62. The molecule has 0 saturated heterocycles. The molecule has 0 aliphatic heterocycles. The molecule has 1 aromatic rings. The van der Waals surface area contributed by atoms with Gasteiger partial charge in [-0.05, 0) is 6.92 Å². The number of rotatable bonds is 5. The van der Waals surface area contributed by atoms with E-state index in [-0.39, 0.29) is 0 Å². The minimum Gasteiger partial charge on any atom is -0.305 e. The van der Waals surface area contributed by atoms with Crippen molar-refractivity contribution < 1.29 is 0 Å². The molecule has 0 amide bonds. The van der Waals surface area contributed by atoms with Crippen molar-refractivity contribution in [2.45, 2.75) is 12.1 Å². The number of thioether (sulfide) groups is 1. The van der Waals surface area contributed by atoms with Gasteiger partial charge >= 0.3 is 0 Å². The molecule has 1 rings (SSSR count). The van der Waals surface area contributed by atoms with Gasteiger partial charge in [-0.1, -0.05) is 17.7 Å². The maximum atomic E-state index is 5.08. The average molecular weight is 196 g/mol. The van der Waals surface area contributed by atoms with Gasteiger partial charge in [-0.25, -0.2) is 4.98 Å². The standard InChI is InChI=1S/C8H12N4S/c1-3-4-9-5-6-13-8-10-7(2)11-12-8/h1,9H,4-6H2,2H3,(H,10,11,12). The lowest BCUT2D eigenvalue weighted by Crippen LogP contribution is -2.16. The average Bonchev–Trinajstić information content (AvgIpc) is 2.51. The van der Waals surface area contributed by atoms with Gasteiger partial charge in [0.2, 0.25) is 5.16 Å². The van der Waals surface area contributed by atoms with Gasteiger partial charge in [0.1, 0.15) is 5.82 Å². The summed E-state index contributed by atoms with van der Waals surface area (Å²) in [6.07, 6.45) is 5.08. The topological polar surface area (TPSA) is 53.6 Å². The number of hydrogen-bond donors (Lipinski definition) is 2. The van der Waals surface area contributed by atoms with Crippen molar-refractivity contribution >= 4 is 11.8 Å². The Morgan fingerprint density at radius 3 is 3.15 bits per heavy atom. The molecule has 0 unspecified atom stereocenters. The Bertz CT molecular complexity index is 289. The van der Waals surface area contributed by atoms with Crippen LogP contribution < -0.4 is 5.32 Å². The number of hydrogen-bond acceptors (Lipinski definition) is 4. The molecule has 4 nitrogen and oxygen atoms in total. The van der Waals surface area contributed by atoms with Crippen LogP contribution in [0.15, 0.2) is 5.16 Å². The first-order chi connectivity index (χ1) is 6.33. The molecule has 1 aromatic heterocycles. The summed E-state index contributed by atoms with van der Waals surface area (Å²) < 4.78 is 0. The summed E-state index contributed by atoms with van der Waals surface area (Å²) in [5.74, 6) is 4.29. The van der Waals surface area contributed by atoms with E-state index in [2.05, 4.69) is 26.4 Å². The van der Waals surface area contributed by atoms with Crippen molar-refractivity contribution in [2.24, 2.45) is 0 Å². The van der Waals surface area contributed by atoms with Crippen LogP contribution in [0.1, 0.15) is 5.82 Å². The fourth-order valence-corrected chi connectivity index (χ4v) is 1.50. The number of aryl methyl sites for hydroxylation is 1. The second-order valence-corrected chi connectivity index (χ2v) is 3.49. The second-order valence-electron chi connectivity index (χ2n) is 2.43. The van der Waals surface area contributed by atoms with Crippen LogP contribution in [0.5, 0.6) is 0 Å². The quantitative estimate of drug-likeness (QED) is 0.407. The molecular formula is C8H12N4S. The van der Waals surface area contributed by atoms with Crippen LogP contribution in [0, 0.1) is 19.3 Å². The van der Waals surface area contributed by atoms with Crippen LogP contribution >= 0.6 is 11.8 Å². The van der Waals surface area contributed by atoms with Crippen LogP contribution in [0.4, 0.5) is 0 Å². The highest BCUT2D eigenvalue weighted by molar-refractivity contribution is 7.99. The Labute approximate surface area is 81.9 Å². The van der Waals surface area contributed by atoms with Crippen molar-refractivity contribution in [3.8, 4) is 12.3 Å². The molecule has 0 aliphatic carbocycles. The van der Waals surface area contributed by atoms with Crippen LogP contribution in [-0.4, -0.2) is 34.0 Å². The van der Waals surface area contributed by atoms with Gasteiger partial charge in [-0.2, -0.15) is 0 Å². The molecule has 0 fully saturated rings. The Hall–Kier alpha value is -0.990. The van der Waals surface area contributed by atoms with Crippen molar-refractivity contribution in [1.29, 1.82) is 0 Å². The first-order valence-corrected chi connectivity index (χ1v) is 4.97. The lowest BCUT2D eigenvalue weighted by atomic mass is 10.6. The molecule has 0 bridgehead atoms. The highest BCUT2D eigenvalue weighted by atomic mass is 32.2. The highest BCUT2D eigenvalue weighted by Gasteiger charge is 1.98. The predicted molar refractivity (Wildman–Crippen MR) is 53.5 cm³/mol. The van der Waals surface area contributed by atoms with E-state index in [1.54, 1.807) is 11.8 Å². The van der Waals surface area contributed by atoms with E-state index in [1.807, 2.05) is 6.92 Å². The fraction of sp³-hybridized carbons (Fsp3) is 0.500. The number of nitrogens with one attached hydrogen (secondary N) is 2. The minimum absolute atomic E-state index is 0.619. The molecule has 0 aromatic carbocycles. The minimum atomic E-state index is 0.619. The lowest BCUT2D eigenvalue weighted by Gasteiger charge is -1.96. The summed E-state index contributed by atoms with van der Waals surface area (Å²) in [6, 6.07) is 0. The maximum absolute atomic E-state index is 5.08. The third-order valence-electron chi connectivity index (χ3n) is 1.31. The van der Waals surface area contributed by atoms with E-state index in [1.165, 1.54) is 0 Å². The zero-order valence-electron chi connectivity index (χ0n) is 7.50. The molecule has 2 N–H and O–H groups in total. The Balaban J connectivity index is 2.10. The monoisotopic (exact) mass is 196 g/mol. The van der Waals surface area contributed by atoms with E-state index >= 15 is 0 Å². The van der Waals surface area contributed by atoms with Gasteiger partial charge in [0, 0.05) is 12.3 Å². The largest absolute Gasteiger partial charge is 0.305 e. The summed E-state index contributed by atoms with van der Waals surface area (Å²) in [7, 11) is 0. The number of nitrogens with zero attached hydrogens (tertiary/aromatic N) is 2. The van der Waals surface area contributed by atoms with Gasteiger partial charge in [0.25, 0.3) is 0 Å². The van der Waals surface area contributed by atoms with Crippen LogP contribution in [0.3, 0.4) is 0 Å². The lowest BCUT2D eigenvalue weighted by molar-refractivity contribution is 0.816. The van der Waals surface area contributed by atoms with Gasteiger partial charge in [-0.15, -0.1) is 11.5 Å². The van der Waals surface area contributed by atoms with E-state index in [0.717, 1.165) is 23.3 Å². The molecule has 0 saturated carbocycles. The van der Waals surface area contributed by atoms with Crippen LogP contribution in [0.2, 0.25) is 0 Å². The summed E-state index contributed by atoms with van der Waals surface area (Å²) >= 11 is 1.61. The molecular weight excluding hydrogens is 184 g/mol. The molecule has 0 radical (unpaired) electrons. The van der Waals surface area contributed by atoms with Crippen LogP contribution in [0.25, 0.3) is 0 Å². The SMILES string of the molecule is C#CCNCCSc1n[nH]c(C)n1. The fourth-order valence-electron chi connectivity index (χ4n) is 0.762. The number of terminal acetylenes is 1. The van der Waals surface area contributed by atoms with Gasteiger partial charge in [0.05, 0.1) is 6.54 Å². The number of aromatic amines is 1. The van der Waals surface area contributed by atoms with E-state index < -0.39 is 0 Å². The maximum Gasteiger partial charge on any atom is 0.208 e.